The summed E-state index contributed by atoms with van der Waals surface area (Å²) in [6, 6.07) is 15.4. The molecule has 0 saturated carbocycles. The first-order chi connectivity index (χ1) is 16.0. The molecule has 2 rings (SSSR count). The standard InChI is InChI=1S/C26H37N3O4S/c1-20(2)18-27-26(31)22(4)29(19-23-15-13-21(3)14-16-23)25(30)12-9-17-28(5)34(32,33)24-10-7-6-8-11-24/h6-8,10-11,13-16,20,22H,9,12,17-19H2,1-5H3,(H,27,31)/t22-/m0/s1. The van der Waals surface area contributed by atoms with Crippen LogP contribution in [-0.2, 0) is 26.2 Å². The van der Waals surface area contributed by atoms with Gasteiger partial charge in [0.1, 0.15) is 6.04 Å². The predicted octanol–water partition coefficient (Wildman–Crippen LogP) is 3.59. The summed E-state index contributed by atoms with van der Waals surface area (Å²) >= 11 is 0. The molecular weight excluding hydrogens is 450 g/mol. The monoisotopic (exact) mass is 487 g/mol. The van der Waals surface area contributed by atoms with Gasteiger partial charge in [-0.2, -0.15) is 0 Å². The van der Waals surface area contributed by atoms with Crippen LogP contribution in [0.5, 0.6) is 0 Å². The number of nitrogens with zero attached hydrogens (tertiary/aromatic N) is 2. The minimum absolute atomic E-state index is 0.141. The molecule has 1 N–H and O–H groups in total. The largest absolute Gasteiger partial charge is 0.354 e. The van der Waals surface area contributed by atoms with Crippen molar-refractivity contribution in [3.8, 4) is 0 Å². The maximum atomic E-state index is 13.2. The summed E-state index contributed by atoms with van der Waals surface area (Å²) in [5.41, 5.74) is 2.05. The number of benzene rings is 2. The Labute approximate surface area is 204 Å². The van der Waals surface area contributed by atoms with Gasteiger partial charge in [-0.05, 0) is 43.9 Å². The van der Waals surface area contributed by atoms with Crippen LogP contribution in [0.2, 0.25) is 0 Å². The van der Waals surface area contributed by atoms with Crippen molar-refractivity contribution in [3.05, 3.63) is 65.7 Å². The van der Waals surface area contributed by atoms with Crippen molar-refractivity contribution in [2.45, 2.75) is 58.0 Å². The fourth-order valence-electron chi connectivity index (χ4n) is 3.41. The first-order valence-electron chi connectivity index (χ1n) is 11.7. The first kappa shape index (κ1) is 27.5. The molecule has 0 aliphatic carbocycles. The second kappa shape index (κ2) is 12.7. The van der Waals surface area contributed by atoms with Gasteiger partial charge in [-0.3, -0.25) is 9.59 Å². The third-order valence-electron chi connectivity index (χ3n) is 5.64. The van der Waals surface area contributed by atoms with E-state index in [-0.39, 0.29) is 29.7 Å². The van der Waals surface area contributed by atoms with Crippen molar-refractivity contribution < 1.29 is 18.0 Å². The van der Waals surface area contributed by atoms with E-state index in [1.165, 1.54) is 11.4 Å². The summed E-state index contributed by atoms with van der Waals surface area (Å²) in [7, 11) is -2.10. The fraction of sp³-hybridized carbons (Fsp3) is 0.462. The van der Waals surface area contributed by atoms with E-state index in [2.05, 4.69) is 5.32 Å². The first-order valence-corrected chi connectivity index (χ1v) is 13.1. The smallest absolute Gasteiger partial charge is 0.242 e. The third-order valence-corrected chi connectivity index (χ3v) is 7.51. The molecule has 0 aliphatic heterocycles. The zero-order valence-electron chi connectivity index (χ0n) is 20.8. The topological polar surface area (TPSA) is 86.8 Å². The highest BCUT2D eigenvalue weighted by Crippen LogP contribution is 2.16. The molecule has 0 saturated heterocycles. The molecule has 7 nitrogen and oxygen atoms in total. The fourth-order valence-corrected chi connectivity index (χ4v) is 4.64. The van der Waals surface area contributed by atoms with Crippen LogP contribution >= 0.6 is 0 Å². The van der Waals surface area contributed by atoms with E-state index in [0.29, 0.717) is 25.4 Å². The number of carbonyl (C=O) groups is 2. The van der Waals surface area contributed by atoms with Crippen LogP contribution in [0.15, 0.2) is 59.5 Å². The summed E-state index contributed by atoms with van der Waals surface area (Å²) in [4.78, 5) is 27.7. The molecule has 0 spiro atoms. The van der Waals surface area contributed by atoms with E-state index in [9.17, 15) is 18.0 Å². The van der Waals surface area contributed by atoms with E-state index in [1.54, 1.807) is 42.2 Å². The third kappa shape index (κ3) is 7.95. The van der Waals surface area contributed by atoms with Gasteiger partial charge in [-0.25, -0.2) is 12.7 Å². The number of sulfonamides is 1. The molecule has 1 atom stereocenters. The van der Waals surface area contributed by atoms with Crippen LogP contribution < -0.4 is 5.32 Å². The quantitative estimate of drug-likeness (QED) is 0.496. The van der Waals surface area contributed by atoms with Gasteiger partial charge in [0.05, 0.1) is 4.90 Å². The van der Waals surface area contributed by atoms with Gasteiger partial charge in [0.25, 0.3) is 0 Å². The molecule has 0 heterocycles. The summed E-state index contributed by atoms with van der Waals surface area (Å²) in [5, 5.41) is 2.90. The van der Waals surface area contributed by atoms with Crippen LogP contribution in [0.1, 0.15) is 44.7 Å². The minimum Gasteiger partial charge on any atom is -0.354 e. The molecule has 0 fully saturated rings. The van der Waals surface area contributed by atoms with E-state index in [0.717, 1.165) is 11.1 Å². The van der Waals surface area contributed by atoms with Crippen molar-refractivity contribution in [2.75, 3.05) is 20.1 Å². The van der Waals surface area contributed by atoms with Gasteiger partial charge in [0.2, 0.25) is 21.8 Å². The Morgan fingerprint density at radius 3 is 2.18 bits per heavy atom. The van der Waals surface area contributed by atoms with Gasteiger partial charge in [0.15, 0.2) is 0 Å². The molecule has 34 heavy (non-hydrogen) atoms. The van der Waals surface area contributed by atoms with Crippen LogP contribution in [0, 0.1) is 12.8 Å². The predicted molar refractivity (Wildman–Crippen MR) is 135 cm³/mol. The molecule has 8 heteroatoms. The lowest BCUT2D eigenvalue weighted by Crippen LogP contribution is -2.48. The number of hydrogen-bond donors (Lipinski definition) is 1. The van der Waals surface area contributed by atoms with Gasteiger partial charge in [0, 0.05) is 33.1 Å². The summed E-state index contributed by atoms with van der Waals surface area (Å²) in [6.45, 7) is 8.81. The lowest BCUT2D eigenvalue weighted by molar-refractivity contribution is -0.140. The Balaban J connectivity index is 2.06. The summed E-state index contributed by atoms with van der Waals surface area (Å²) in [5.74, 6) is -0.0734. The number of aryl methyl sites for hydroxylation is 1. The lowest BCUT2D eigenvalue weighted by Gasteiger charge is -2.29. The van der Waals surface area contributed by atoms with E-state index < -0.39 is 16.1 Å². The Morgan fingerprint density at radius 2 is 1.59 bits per heavy atom. The number of amides is 2. The molecular formula is C26H37N3O4S. The molecule has 0 radical (unpaired) electrons. The van der Waals surface area contributed by atoms with E-state index in [1.807, 2.05) is 45.0 Å². The average Bonchev–Trinajstić information content (AvgIpc) is 2.82. The number of hydrogen-bond acceptors (Lipinski definition) is 4. The van der Waals surface area contributed by atoms with Crippen molar-refractivity contribution in [1.29, 1.82) is 0 Å². The molecule has 2 aromatic rings. The van der Waals surface area contributed by atoms with Crippen molar-refractivity contribution in [1.82, 2.24) is 14.5 Å². The highest BCUT2D eigenvalue weighted by Gasteiger charge is 2.26. The van der Waals surface area contributed by atoms with Gasteiger partial charge in [-0.1, -0.05) is 61.9 Å². The maximum absolute atomic E-state index is 13.2. The van der Waals surface area contributed by atoms with Crippen molar-refractivity contribution in [2.24, 2.45) is 5.92 Å². The van der Waals surface area contributed by atoms with Crippen LogP contribution in [-0.4, -0.2) is 55.6 Å². The Kier molecular flexibility index (Phi) is 10.3. The average molecular weight is 488 g/mol. The molecule has 0 bridgehead atoms. The molecule has 2 amide bonds. The zero-order chi connectivity index (χ0) is 25.3. The Hall–Kier alpha value is -2.71. The summed E-state index contributed by atoms with van der Waals surface area (Å²) < 4.78 is 26.7. The van der Waals surface area contributed by atoms with Gasteiger partial charge >= 0.3 is 0 Å². The summed E-state index contributed by atoms with van der Waals surface area (Å²) in [6.07, 6.45) is 0.494. The van der Waals surface area contributed by atoms with E-state index in [4.69, 9.17) is 0 Å². The number of rotatable bonds is 12. The van der Waals surface area contributed by atoms with Crippen LogP contribution in [0.25, 0.3) is 0 Å². The second-order valence-corrected chi connectivity index (χ2v) is 11.1. The van der Waals surface area contributed by atoms with E-state index >= 15 is 0 Å². The normalized spacial score (nSPS) is 12.6. The second-order valence-electron chi connectivity index (χ2n) is 9.07. The Bertz CT molecular complexity index is 1040. The minimum atomic E-state index is -3.61. The maximum Gasteiger partial charge on any atom is 0.242 e. The molecule has 0 unspecified atom stereocenters. The highest BCUT2D eigenvalue weighted by atomic mass is 32.2. The number of carbonyl (C=O) groups excluding carboxylic acids is 2. The Morgan fingerprint density at radius 1 is 0.971 bits per heavy atom. The lowest BCUT2D eigenvalue weighted by atomic mass is 10.1. The van der Waals surface area contributed by atoms with Gasteiger partial charge < -0.3 is 10.2 Å². The van der Waals surface area contributed by atoms with Crippen molar-refractivity contribution in [3.63, 3.8) is 0 Å². The molecule has 2 aromatic carbocycles. The van der Waals surface area contributed by atoms with Gasteiger partial charge in [-0.15, -0.1) is 0 Å². The van der Waals surface area contributed by atoms with Crippen molar-refractivity contribution >= 4 is 21.8 Å². The highest BCUT2D eigenvalue weighted by molar-refractivity contribution is 7.89. The molecule has 0 aromatic heterocycles. The zero-order valence-corrected chi connectivity index (χ0v) is 21.6. The molecule has 186 valence electrons. The van der Waals surface area contributed by atoms with Crippen LogP contribution in [0.3, 0.4) is 0 Å². The van der Waals surface area contributed by atoms with Crippen LogP contribution in [0.4, 0.5) is 0 Å². The molecule has 0 aliphatic rings. The number of nitrogens with one attached hydrogen (secondary N) is 1. The SMILES string of the molecule is Cc1ccc(CN(C(=O)CCCN(C)S(=O)(=O)c2ccccc2)[C@@H](C)C(=O)NCC(C)C)cc1.